The third-order valence-corrected chi connectivity index (χ3v) is 6.91. The minimum absolute atomic E-state index is 0.101. The highest BCUT2D eigenvalue weighted by Gasteiger charge is 2.34. The zero-order valence-corrected chi connectivity index (χ0v) is 20.0. The molecule has 7 nitrogen and oxygen atoms in total. The first-order valence-electron chi connectivity index (χ1n) is 12.0. The molecule has 0 aromatic heterocycles. The number of phosphoric ester groups is 1. The van der Waals surface area contributed by atoms with E-state index in [0.29, 0.717) is 6.42 Å². The maximum absolute atomic E-state index is 12.1. The molecule has 0 aromatic rings. The summed E-state index contributed by atoms with van der Waals surface area (Å²) < 4.78 is 27.2. The van der Waals surface area contributed by atoms with Gasteiger partial charge >= 0.3 is 7.82 Å². The lowest BCUT2D eigenvalue weighted by molar-refractivity contribution is -0.121. The summed E-state index contributed by atoms with van der Waals surface area (Å²) in [5, 5.41) is 13.1. The summed E-state index contributed by atoms with van der Waals surface area (Å²) in [6.07, 6.45) is 16.3. The average Bonchev–Trinajstić information content (AvgIpc) is 3.15. The van der Waals surface area contributed by atoms with Gasteiger partial charge < -0.3 is 10.4 Å². The molecule has 1 saturated heterocycles. The monoisotopic (exact) mass is 449 g/mol. The number of amides is 1. The van der Waals surface area contributed by atoms with Gasteiger partial charge in [-0.2, -0.15) is 0 Å². The second-order valence-electron chi connectivity index (χ2n) is 8.32. The molecular weight excluding hydrogens is 405 g/mol. The first-order chi connectivity index (χ1) is 14.5. The van der Waals surface area contributed by atoms with Crippen LogP contribution in [0.1, 0.15) is 104 Å². The summed E-state index contributed by atoms with van der Waals surface area (Å²) in [5.74, 6) is -0.264. The lowest BCUT2D eigenvalue weighted by Gasteiger charge is -2.24. The third kappa shape index (κ3) is 13.8. The molecule has 178 valence electrons. The standard InChI is InChI=1S/C22H44NO6P/c1-3-4-5-6-7-8-9-10-11-12-13-14-15-16-22(25)21(23-20(2)24)19-29-30(26)27-17-18-28-30/h21-22,25H,3-19H2,1-2H3,(H,23,24)/t21-,22+/m0/s1. The van der Waals surface area contributed by atoms with E-state index in [1.54, 1.807) is 0 Å². The molecule has 8 heteroatoms. The molecule has 1 fully saturated rings. The van der Waals surface area contributed by atoms with E-state index in [9.17, 15) is 14.5 Å². The van der Waals surface area contributed by atoms with Crippen LogP contribution < -0.4 is 5.32 Å². The van der Waals surface area contributed by atoms with Crippen LogP contribution >= 0.6 is 7.82 Å². The summed E-state index contributed by atoms with van der Waals surface area (Å²) in [6.45, 7) is 3.99. The van der Waals surface area contributed by atoms with Crippen LogP contribution in [0.15, 0.2) is 0 Å². The molecule has 0 saturated carbocycles. The molecule has 0 unspecified atom stereocenters. The van der Waals surface area contributed by atoms with Gasteiger partial charge in [0.1, 0.15) is 0 Å². The van der Waals surface area contributed by atoms with E-state index >= 15 is 0 Å². The Hall–Kier alpha value is -0.460. The number of hydrogen-bond donors (Lipinski definition) is 2. The number of carbonyl (C=O) groups is 1. The maximum atomic E-state index is 12.1. The second kappa shape index (κ2) is 17.1. The minimum atomic E-state index is -3.53. The van der Waals surface area contributed by atoms with Crippen molar-refractivity contribution < 1.29 is 28.0 Å². The normalized spacial score (nSPS) is 17.7. The van der Waals surface area contributed by atoms with E-state index in [1.165, 1.54) is 77.6 Å². The van der Waals surface area contributed by atoms with Crippen molar-refractivity contribution in [3.05, 3.63) is 0 Å². The van der Waals surface area contributed by atoms with Crippen molar-refractivity contribution in [2.75, 3.05) is 19.8 Å². The van der Waals surface area contributed by atoms with Crippen LogP contribution in [0.25, 0.3) is 0 Å². The first-order valence-corrected chi connectivity index (χ1v) is 13.4. The van der Waals surface area contributed by atoms with Gasteiger partial charge in [0.2, 0.25) is 5.91 Å². The number of aliphatic hydroxyl groups is 1. The molecule has 0 aliphatic carbocycles. The van der Waals surface area contributed by atoms with Gasteiger partial charge in [-0.15, -0.1) is 0 Å². The van der Waals surface area contributed by atoms with E-state index in [2.05, 4.69) is 12.2 Å². The Labute approximate surface area is 183 Å². The Balaban J connectivity index is 2.06. The highest BCUT2D eigenvalue weighted by Crippen LogP contribution is 2.52. The number of phosphoric acid groups is 1. The molecule has 1 aliphatic heterocycles. The van der Waals surface area contributed by atoms with Crippen LogP contribution in [-0.4, -0.2) is 43.0 Å². The zero-order chi connectivity index (χ0) is 22.1. The van der Waals surface area contributed by atoms with Gasteiger partial charge in [-0.05, 0) is 6.42 Å². The van der Waals surface area contributed by atoms with Gasteiger partial charge in [0.15, 0.2) is 0 Å². The van der Waals surface area contributed by atoms with E-state index in [-0.39, 0.29) is 25.7 Å². The Morgan fingerprint density at radius 2 is 1.40 bits per heavy atom. The van der Waals surface area contributed by atoms with Gasteiger partial charge in [0, 0.05) is 6.92 Å². The molecule has 30 heavy (non-hydrogen) atoms. The predicted molar refractivity (Wildman–Crippen MR) is 119 cm³/mol. The Morgan fingerprint density at radius 3 is 1.87 bits per heavy atom. The molecule has 1 heterocycles. The van der Waals surface area contributed by atoms with Gasteiger partial charge in [0.05, 0.1) is 32.0 Å². The second-order valence-corrected chi connectivity index (χ2v) is 9.98. The smallest absolute Gasteiger partial charge is 0.391 e. The van der Waals surface area contributed by atoms with Crippen LogP contribution in [0.5, 0.6) is 0 Å². The topological polar surface area (TPSA) is 94.1 Å². The number of hydrogen-bond acceptors (Lipinski definition) is 6. The van der Waals surface area contributed by atoms with Crippen LogP contribution in [0, 0.1) is 0 Å². The van der Waals surface area contributed by atoms with E-state index in [0.717, 1.165) is 12.8 Å². The lowest BCUT2D eigenvalue weighted by Crippen LogP contribution is -2.45. The van der Waals surface area contributed by atoms with Crippen molar-refractivity contribution in [1.82, 2.24) is 5.32 Å². The van der Waals surface area contributed by atoms with Crippen LogP contribution in [0.2, 0.25) is 0 Å². The Kier molecular flexibility index (Phi) is 15.8. The number of rotatable bonds is 19. The van der Waals surface area contributed by atoms with E-state index < -0.39 is 20.0 Å². The SMILES string of the molecule is CCCCCCCCCCCCCCC[C@@H](O)[C@H](COP1(=O)OCCO1)NC(C)=O. The Bertz CT molecular complexity index is 480. The highest BCUT2D eigenvalue weighted by molar-refractivity contribution is 7.48. The summed E-state index contributed by atoms with van der Waals surface area (Å²) >= 11 is 0. The number of unbranched alkanes of at least 4 members (excludes halogenated alkanes) is 12. The van der Waals surface area contributed by atoms with Gasteiger partial charge in [-0.1, -0.05) is 90.4 Å². The van der Waals surface area contributed by atoms with E-state index in [4.69, 9.17) is 13.6 Å². The molecule has 1 aliphatic rings. The summed E-state index contributed by atoms with van der Waals surface area (Å²) in [5.41, 5.74) is 0. The fraction of sp³-hybridized carbons (Fsp3) is 0.955. The first kappa shape index (κ1) is 27.6. The fourth-order valence-electron chi connectivity index (χ4n) is 3.66. The summed E-state index contributed by atoms with van der Waals surface area (Å²) in [7, 11) is -3.53. The fourth-order valence-corrected chi connectivity index (χ4v) is 4.83. The molecule has 0 radical (unpaired) electrons. The molecule has 0 bridgehead atoms. The molecule has 1 rings (SSSR count). The van der Waals surface area contributed by atoms with Gasteiger partial charge in [-0.25, -0.2) is 4.57 Å². The third-order valence-electron chi connectivity index (χ3n) is 5.45. The molecule has 1 amide bonds. The molecule has 2 atom stereocenters. The van der Waals surface area contributed by atoms with Crippen molar-refractivity contribution in [3.63, 3.8) is 0 Å². The summed E-state index contributed by atoms with van der Waals surface area (Å²) in [4.78, 5) is 11.4. The maximum Gasteiger partial charge on any atom is 0.475 e. The number of aliphatic hydroxyl groups excluding tert-OH is 1. The van der Waals surface area contributed by atoms with Crippen molar-refractivity contribution >= 4 is 13.7 Å². The predicted octanol–water partition coefficient (Wildman–Crippen LogP) is 5.50. The van der Waals surface area contributed by atoms with Crippen LogP contribution in [0.4, 0.5) is 0 Å². The largest absolute Gasteiger partial charge is 0.475 e. The van der Waals surface area contributed by atoms with Gasteiger partial charge in [-0.3, -0.25) is 18.4 Å². The highest BCUT2D eigenvalue weighted by atomic mass is 31.2. The van der Waals surface area contributed by atoms with Crippen molar-refractivity contribution in [2.24, 2.45) is 0 Å². The minimum Gasteiger partial charge on any atom is -0.391 e. The molecular formula is C22H44NO6P. The molecule has 0 spiro atoms. The number of nitrogens with one attached hydrogen (secondary N) is 1. The molecule has 2 N–H and O–H groups in total. The zero-order valence-electron chi connectivity index (χ0n) is 19.1. The van der Waals surface area contributed by atoms with Crippen molar-refractivity contribution in [2.45, 2.75) is 116 Å². The average molecular weight is 450 g/mol. The lowest BCUT2D eigenvalue weighted by atomic mass is 10.0. The Morgan fingerprint density at radius 1 is 0.933 bits per heavy atom. The number of carbonyl (C=O) groups excluding carboxylic acids is 1. The quantitative estimate of drug-likeness (QED) is 0.200. The van der Waals surface area contributed by atoms with E-state index in [1.807, 2.05) is 0 Å². The summed E-state index contributed by atoms with van der Waals surface area (Å²) in [6, 6.07) is -0.626. The van der Waals surface area contributed by atoms with Crippen molar-refractivity contribution in [1.29, 1.82) is 0 Å². The van der Waals surface area contributed by atoms with Gasteiger partial charge in [0.25, 0.3) is 0 Å². The van der Waals surface area contributed by atoms with Crippen LogP contribution in [0.3, 0.4) is 0 Å². The molecule has 0 aromatic carbocycles. The van der Waals surface area contributed by atoms with Crippen LogP contribution in [-0.2, 0) is 22.9 Å². The van der Waals surface area contributed by atoms with Crippen molar-refractivity contribution in [3.8, 4) is 0 Å².